The summed E-state index contributed by atoms with van der Waals surface area (Å²) in [5.41, 5.74) is 1.04. The Balaban J connectivity index is 1.73. The van der Waals surface area contributed by atoms with Crippen molar-refractivity contribution >= 4 is 50.7 Å². The fourth-order valence-electron chi connectivity index (χ4n) is 4.81. The van der Waals surface area contributed by atoms with Gasteiger partial charge >= 0.3 is 0 Å². The van der Waals surface area contributed by atoms with Gasteiger partial charge in [-0.05, 0) is 63.1 Å². The van der Waals surface area contributed by atoms with Gasteiger partial charge in [0.1, 0.15) is 18.4 Å². The Labute approximate surface area is 250 Å². The molecule has 0 saturated heterocycles. The highest BCUT2D eigenvalue weighted by Crippen LogP contribution is 2.33. The van der Waals surface area contributed by atoms with Crippen LogP contribution in [0.1, 0.15) is 43.7 Å². The summed E-state index contributed by atoms with van der Waals surface area (Å²) in [5, 5.41) is 3.26. The minimum Gasteiger partial charge on any atom is -0.352 e. The monoisotopic (exact) mass is 619 g/mol. The van der Waals surface area contributed by atoms with Crippen LogP contribution in [0.25, 0.3) is 0 Å². The highest BCUT2D eigenvalue weighted by Gasteiger charge is 2.34. The van der Waals surface area contributed by atoms with Crippen molar-refractivity contribution in [1.29, 1.82) is 0 Å². The molecule has 1 aliphatic rings. The van der Waals surface area contributed by atoms with E-state index in [9.17, 15) is 22.4 Å². The molecule has 1 atom stereocenters. The number of nitrogens with one attached hydrogen (secondary N) is 1. The number of halogens is 3. The summed E-state index contributed by atoms with van der Waals surface area (Å²) in [6.07, 6.45) is 3.69. The first-order valence-corrected chi connectivity index (χ1v) is 15.5. The lowest BCUT2D eigenvalue weighted by atomic mass is 10.1. The molecule has 0 unspecified atom stereocenters. The number of anilines is 1. The maximum atomic E-state index is 14.7. The molecule has 11 heteroatoms. The normalized spacial score (nSPS) is 14.5. The van der Waals surface area contributed by atoms with E-state index in [2.05, 4.69) is 5.32 Å². The van der Waals surface area contributed by atoms with Crippen LogP contribution in [0.4, 0.5) is 10.1 Å². The molecule has 0 bridgehead atoms. The summed E-state index contributed by atoms with van der Waals surface area (Å²) in [7, 11) is -4.32. The zero-order chi connectivity index (χ0) is 29.7. The van der Waals surface area contributed by atoms with E-state index < -0.39 is 40.2 Å². The van der Waals surface area contributed by atoms with Crippen LogP contribution in [0.5, 0.6) is 0 Å². The third-order valence-corrected chi connectivity index (χ3v) is 9.56. The summed E-state index contributed by atoms with van der Waals surface area (Å²) >= 11 is 12.6. The second-order valence-corrected chi connectivity index (χ2v) is 12.9. The number of amides is 2. The number of nitrogens with zero attached hydrogens (tertiary/aromatic N) is 2. The number of hydrogen-bond donors (Lipinski definition) is 1. The van der Waals surface area contributed by atoms with Crippen molar-refractivity contribution in [3.8, 4) is 0 Å². The van der Waals surface area contributed by atoms with Gasteiger partial charge in [-0.2, -0.15) is 0 Å². The van der Waals surface area contributed by atoms with E-state index in [0.29, 0.717) is 0 Å². The predicted molar refractivity (Wildman–Crippen MR) is 159 cm³/mol. The Kier molecular flexibility index (Phi) is 9.94. The Bertz CT molecular complexity index is 1510. The molecule has 3 aromatic rings. The van der Waals surface area contributed by atoms with Crippen molar-refractivity contribution in [1.82, 2.24) is 10.2 Å². The summed E-state index contributed by atoms with van der Waals surface area (Å²) in [4.78, 5) is 28.4. The minimum absolute atomic E-state index is 0.000885. The second kappa shape index (κ2) is 13.2. The van der Waals surface area contributed by atoms with E-state index in [4.69, 9.17) is 23.2 Å². The van der Waals surface area contributed by atoms with Crippen molar-refractivity contribution in [2.75, 3.05) is 10.8 Å². The van der Waals surface area contributed by atoms with Crippen LogP contribution in [-0.2, 0) is 26.2 Å². The van der Waals surface area contributed by atoms with E-state index in [-0.39, 0.29) is 38.8 Å². The molecule has 0 spiro atoms. The lowest BCUT2D eigenvalue weighted by Crippen LogP contribution is -2.52. The van der Waals surface area contributed by atoms with Gasteiger partial charge in [-0.1, -0.05) is 71.9 Å². The van der Waals surface area contributed by atoms with Crippen molar-refractivity contribution < 1.29 is 22.4 Å². The maximum Gasteiger partial charge on any atom is 0.264 e. The van der Waals surface area contributed by atoms with Crippen molar-refractivity contribution in [2.24, 2.45) is 0 Å². The molecule has 1 saturated carbocycles. The molecule has 0 heterocycles. The van der Waals surface area contributed by atoms with Crippen LogP contribution in [-0.4, -0.2) is 43.8 Å². The molecular formula is C30H32Cl2FN3O4S. The zero-order valence-corrected chi connectivity index (χ0v) is 25.1. The molecule has 0 aliphatic heterocycles. The fraction of sp³-hybridized carbons (Fsp3) is 0.333. The van der Waals surface area contributed by atoms with Gasteiger partial charge in [-0.3, -0.25) is 13.9 Å². The number of rotatable bonds is 10. The molecule has 218 valence electrons. The Morgan fingerprint density at radius 2 is 1.68 bits per heavy atom. The third kappa shape index (κ3) is 7.39. The maximum absolute atomic E-state index is 14.7. The van der Waals surface area contributed by atoms with E-state index in [1.54, 1.807) is 25.1 Å². The van der Waals surface area contributed by atoms with Gasteiger partial charge in [-0.25, -0.2) is 12.8 Å². The summed E-state index contributed by atoms with van der Waals surface area (Å²) in [6.45, 7) is 2.43. The molecule has 7 nitrogen and oxygen atoms in total. The standard InChI is InChI=1S/C30H32Cl2FN3O4S/c1-20-11-14-25(15-12-20)41(39,40)36(28-17-23(31)13-16-26(28)32)19-29(37)35(18-22-7-3-6-10-27(22)33)21(2)30(38)34-24-8-4-5-9-24/h3,6-7,10-17,21,24H,4-5,8-9,18-19H2,1-2H3,(H,34,38)/t21-/m1/s1. The molecular weight excluding hydrogens is 588 g/mol. The molecule has 0 radical (unpaired) electrons. The quantitative estimate of drug-likeness (QED) is 0.296. The van der Waals surface area contributed by atoms with Gasteiger partial charge in [0.2, 0.25) is 11.8 Å². The van der Waals surface area contributed by atoms with Gasteiger partial charge in [0, 0.05) is 23.2 Å². The SMILES string of the molecule is Cc1ccc(S(=O)(=O)N(CC(=O)N(Cc2ccccc2F)[C@H](C)C(=O)NC2CCCC2)c2cc(Cl)ccc2Cl)cc1. The Morgan fingerprint density at radius 1 is 1.02 bits per heavy atom. The number of sulfonamides is 1. The zero-order valence-electron chi connectivity index (χ0n) is 22.8. The van der Waals surface area contributed by atoms with E-state index in [1.165, 1.54) is 53.4 Å². The van der Waals surface area contributed by atoms with Crippen LogP contribution in [0, 0.1) is 12.7 Å². The molecule has 0 aromatic heterocycles. The number of benzene rings is 3. The van der Waals surface area contributed by atoms with Crippen molar-refractivity contribution in [2.45, 2.75) is 63.1 Å². The lowest BCUT2D eigenvalue weighted by Gasteiger charge is -2.32. The molecule has 2 amide bonds. The first-order chi connectivity index (χ1) is 19.5. The fourth-order valence-corrected chi connectivity index (χ4v) is 6.67. The largest absolute Gasteiger partial charge is 0.352 e. The van der Waals surface area contributed by atoms with Crippen LogP contribution < -0.4 is 9.62 Å². The second-order valence-electron chi connectivity index (χ2n) is 10.2. The minimum atomic E-state index is -4.32. The van der Waals surface area contributed by atoms with Gasteiger partial charge in [0.05, 0.1) is 15.6 Å². The van der Waals surface area contributed by atoms with E-state index in [1.807, 2.05) is 6.92 Å². The molecule has 1 fully saturated rings. The first kappa shape index (κ1) is 30.8. The lowest BCUT2D eigenvalue weighted by molar-refractivity contribution is -0.139. The van der Waals surface area contributed by atoms with Crippen molar-refractivity contribution in [3.05, 3.63) is 93.7 Å². The average Bonchev–Trinajstić information content (AvgIpc) is 3.45. The number of aryl methyl sites for hydroxylation is 1. The summed E-state index contributed by atoms with van der Waals surface area (Å²) < 4.78 is 43.4. The van der Waals surface area contributed by atoms with E-state index in [0.717, 1.165) is 35.6 Å². The van der Waals surface area contributed by atoms with Crippen LogP contribution >= 0.6 is 23.2 Å². The Hall–Kier alpha value is -3.14. The van der Waals surface area contributed by atoms with Crippen molar-refractivity contribution in [3.63, 3.8) is 0 Å². The van der Waals surface area contributed by atoms with Gasteiger partial charge in [0.15, 0.2) is 0 Å². The number of hydrogen-bond acceptors (Lipinski definition) is 4. The van der Waals surface area contributed by atoms with Gasteiger partial charge in [-0.15, -0.1) is 0 Å². The van der Waals surface area contributed by atoms with Crippen LogP contribution in [0.2, 0.25) is 10.0 Å². The molecule has 41 heavy (non-hydrogen) atoms. The predicted octanol–water partition coefficient (Wildman–Crippen LogP) is 6.11. The number of carbonyl (C=O) groups is 2. The third-order valence-electron chi connectivity index (χ3n) is 7.23. The van der Waals surface area contributed by atoms with Crippen LogP contribution in [0.3, 0.4) is 0 Å². The van der Waals surface area contributed by atoms with Crippen LogP contribution in [0.15, 0.2) is 71.6 Å². The Morgan fingerprint density at radius 3 is 2.34 bits per heavy atom. The topological polar surface area (TPSA) is 86.8 Å². The van der Waals surface area contributed by atoms with Gasteiger partial charge in [0.25, 0.3) is 10.0 Å². The molecule has 4 rings (SSSR count). The molecule has 3 aromatic carbocycles. The average molecular weight is 621 g/mol. The van der Waals surface area contributed by atoms with Gasteiger partial charge < -0.3 is 10.2 Å². The summed E-state index contributed by atoms with van der Waals surface area (Å²) in [6, 6.07) is 15.4. The summed E-state index contributed by atoms with van der Waals surface area (Å²) in [5.74, 6) is -1.65. The number of carbonyl (C=O) groups excluding carboxylic acids is 2. The smallest absolute Gasteiger partial charge is 0.264 e. The molecule has 1 N–H and O–H groups in total. The van der Waals surface area contributed by atoms with E-state index >= 15 is 0 Å². The highest BCUT2D eigenvalue weighted by molar-refractivity contribution is 7.92. The molecule has 1 aliphatic carbocycles. The highest BCUT2D eigenvalue weighted by atomic mass is 35.5. The first-order valence-electron chi connectivity index (χ1n) is 13.3.